The van der Waals surface area contributed by atoms with E-state index in [-0.39, 0.29) is 5.97 Å². The molecule has 0 radical (unpaired) electrons. The van der Waals surface area contributed by atoms with E-state index in [1.807, 2.05) is 13.0 Å². The maximum absolute atomic E-state index is 11.5. The summed E-state index contributed by atoms with van der Waals surface area (Å²) in [6.45, 7) is 2.32. The van der Waals surface area contributed by atoms with Crippen LogP contribution in [0.1, 0.15) is 24.6 Å². The first-order valence-corrected chi connectivity index (χ1v) is 6.52. The molecule has 0 spiro atoms. The van der Waals surface area contributed by atoms with Crippen molar-refractivity contribution >= 4 is 16.9 Å². The van der Waals surface area contributed by atoms with E-state index in [2.05, 4.69) is 23.2 Å². The molecule has 1 aromatic heterocycles. The topological polar surface area (TPSA) is 42.1 Å². The highest BCUT2D eigenvalue weighted by Gasteiger charge is 2.27. The highest BCUT2D eigenvalue weighted by Crippen LogP contribution is 2.34. The van der Waals surface area contributed by atoms with Crippen molar-refractivity contribution in [1.29, 1.82) is 0 Å². The number of aromatic nitrogens is 1. The average Bonchev–Trinajstić information content (AvgIpc) is 2.86. The van der Waals surface area contributed by atoms with Gasteiger partial charge in [0.2, 0.25) is 0 Å². The molecule has 3 nitrogen and oxygen atoms in total. The van der Waals surface area contributed by atoms with Gasteiger partial charge in [0, 0.05) is 23.0 Å². The van der Waals surface area contributed by atoms with E-state index >= 15 is 0 Å². The molecule has 0 saturated heterocycles. The van der Waals surface area contributed by atoms with Gasteiger partial charge in [0.05, 0.1) is 6.61 Å². The Balaban J connectivity index is 1.78. The molecule has 1 N–H and O–H groups in total. The molecule has 2 aromatic rings. The SMILES string of the molecule is CCOC(=O)C[C@@H]1Cc2[nH]c3ccccc3c2C1. The maximum atomic E-state index is 11.5. The quantitative estimate of drug-likeness (QED) is 0.842. The van der Waals surface area contributed by atoms with Gasteiger partial charge in [-0.05, 0) is 37.3 Å². The Kier molecular flexibility index (Phi) is 2.82. The summed E-state index contributed by atoms with van der Waals surface area (Å²) in [5, 5.41) is 1.30. The molecule has 3 heteroatoms. The predicted molar refractivity (Wildman–Crippen MR) is 70.4 cm³/mol. The molecular formula is C15H17NO2. The Hall–Kier alpha value is -1.77. The Morgan fingerprint density at radius 2 is 2.22 bits per heavy atom. The fourth-order valence-electron chi connectivity index (χ4n) is 2.91. The van der Waals surface area contributed by atoms with Crippen LogP contribution in [-0.2, 0) is 22.4 Å². The summed E-state index contributed by atoms with van der Waals surface area (Å²) in [6, 6.07) is 8.37. The minimum atomic E-state index is -0.0723. The van der Waals surface area contributed by atoms with Crippen molar-refractivity contribution in [3.05, 3.63) is 35.5 Å². The highest BCUT2D eigenvalue weighted by atomic mass is 16.5. The number of hydrogen-bond acceptors (Lipinski definition) is 2. The number of hydrogen-bond donors (Lipinski definition) is 1. The number of rotatable bonds is 3. The Morgan fingerprint density at radius 3 is 3.06 bits per heavy atom. The first kappa shape index (κ1) is 11.3. The molecule has 1 aliphatic carbocycles. The smallest absolute Gasteiger partial charge is 0.306 e. The molecule has 0 aliphatic heterocycles. The van der Waals surface area contributed by atoms with Crippen LogP contribution in [0.25, 0.3) is 10.9 Å². The third kappa shape index (κ3) is 1.90. The zero-order chi connectivity index (χ0) is 12.5. The molecule has 0 saturated carbocycles. The number of para-hydroxylation sites is 1. The van der Waals surface area contributed by atoms with E-state index in [0.29, 0.717) is 18.9 Å². The van der Waals surface area contributed by atoms with Crippen molar-refractivity contribution in [3.63, 3.8) is 0 Å². The highest BCUT2D eigenvalue weighted by molar-refractivity contribution is 5.85. The van der Waals surface area contributed by atoms with Crippen LogP contribution in [0.4, 0.5) is 0 Å². The Morgan fingerprint density at radius 1 is 1.39 bits per heavy atom. The number of fused-ring (bicyclic) bond motifs is 3. The molecule has 0 unspecified atom stereocenters. The summed E-state index contributed by atoms with van der Waals surface area (Å²) >= 11 is 0. The normalized spacial score (nSPS) is 17.9. The average molecular weight is 243 g/mol. The second-order valence-corrected chi connectivity index (χ2v) is 4.91. The lowest BCUT2D eigenvalue weighted by atomic mass is 10.0. The summed E-state index contributed by atoms with van der Waals surface area (Å²) in [6.07, 6.45) is 2.48. The van der Waals surface area contributed by atoms with Gasteiger partial charge in [-0.1, -0.05) is 18.2 Å². The molecule has 0 fully saturated rings. The van der Waals surface area contributed by atoms with Crippen molar-refractivity contribution < 1.29 is 9.53 Å². The third-order valence-electron chi connectivity index (χ3n) is 3.65. The number of esters is 1. The lowest BCUT2D eigenvalue weighted by Crippen LogP contribution is -2.12. The zero-order valence-corrected chi connectivity index (χ0v) is 10.5. The summed E-state index contributed by atoms with van der Waals surface area (Å²) < 4.78 is 5.02. The van der Waals surface area contributed by atoms with Crippen molar-refractivity contribution in [1.82, 2.24) is 4.98 Å². The van der Waals surface area contributed by atoms with Crippen LogP contribution < -0.4 is 0 Å². The molecule has 1 atom stereocenters. The number of H-pyrrole nitrogens is 1. The van der Waals surface area contributed by atoms with Crippen molar-refractivity contribution in [2.75, 3.05) is 6.61 Å². The first-order chi connectivity index (χ1) is 8.78. The zero-order valence-electron chi connectivity index (χ0n) is 10.5. The van der Waals surface area contributed by atoms with Gasteiger partial charge in [-0.2, -0.15) is 0 Å². The van der Waals surface area contributed by atoms with Gasteiger partial charge >= 0.3 is 5.97 Å². The molecule has 94 valence electrons. The molecule has 0 bridgehead atoms. The summed E-state index contributed by atoms with van der Waals surface area (Å²) in [4.78, 5) is 15.0. The number of carbonyl (C=O) groups is 1. The van der Waals surface area contributed by atoms with E-state index in [1.54, 1.807) is 0 Å². The lowest BCUT2D eigenvalue weighted by molar-refractivity contribution is -0.144. The van der Waals surface area contributed by atoms with Gasteiger partial charge in [-0.3, -0.25) is 4.79 Å². The summed E-state index contributed by atoms with van der Waals surface area (Å²) in [7, 11) is 0. The summed E-state index contributed by atoms with van der Waals surface area (Å²) in [5.74, 6) is 0.326. The Bertz CT molecular complexity index is 585. The number of carbonyl (C=O) groups excluding carboxylic acids is 1. The molecule has 3 rings (SSSR count). The van der Waals surface area contributed by atoms with Crippen LogP contribution in [0.5, 0.6) is 0 Å². The maximum Gasteiger partial charge on any atom is 0.306 e. The minimum Gasteiger partial charge on any atom is -0.466 e. The van der Waals surface area contributed by atoms with Crippen molar-refractivity contribution in [2.45, 2.75) is 26.2 Å². The van der Waals surface area contributed by atoms with Gasteiger partial charge in [-0.25, -0.2) is 0 Å². The fraction of sp³-hybridized carbons (Fsp3) is 0.400. The first-order valence-electron chi connectivity index (χ1n) is 6.52. The van der Waals surface area contributed by atoms with Gasteiger partial charge in [0.25, 0.3) is 0 Å². The second kappa shape index (κ2) is 4.48. The van der Waals surface area contributed by atoms with Crippen LogP contribution >= 0.6 is 0 Å². The monoisotopic (exact) mass is 243 g/mol. The van der Waals surface area contributed by atoms with Gasteiger partial charge in [0.15, 0.2) is 0 Å². The van der Waals surface area contributed by atoms with E-state index < -0.39 is 0 Å². The molecule has 18 heavy (non-hydrogen) atoms. The number of aromatic amines is 1. The standard InChI is InChI=1S/C15H17NO2/c1-2-18-15(17)9-10-7-12-11-5-3-4-6-13(11)16-14(12)8-10/h3-6,10,16H,2,7-9H2,1H3/t10-/m0/s1. The number of benzene rings is 1. The molecular weight excluding hydrogens is 226 g/mol. The van der Waals surface area contributed by atoms with E-state index in [0.717, 1.165) is 12.8 Å². The van der Waals surface area contributed by atoms with Crippen LogP contribution in [0.15, 0.2) is 24.3 Å². The number of ether oxygens (including phenoxy) is 1. The molecule has 1 aromatic carbocycles. The minimum absolute atomic E-state index is 0.0723. The van der Waals surface area contributed by atoms with Crippen LogP contribution in [-0.4, -0.2) is 17.6 Å². The van der Waals surface area contributed by atoms with E-state index in [9.17, 15) is 4.79 Å². The van der Waals surface area contributed by atoms with Crippen LogP contribution in [0, 0.1) is 5.92 Å². The molecule has 1 aliphatic rings. The lowest BCUT2D eigenvalue weighted by Gasteiger charge is -2.08. The number of nitrogens with one attached hydrogen (secondary N) is 1. The van der Waals surface area contributed by atoms with Crippen LogP contribution in [0.2, 0.25) is 0 Å². The fourth-order valence-corrected chi connectivity index (χ4v) is 2.91. The third-order valence-corrected chi connectivity index (χ3v) is 3.65. The van der Waals surface area contributed by atoms with Crippen molar-refractivity contribution in [3.8, 4) is 0 Å². The molecule has 1 heterocycles. The van der Waals surface area contributed by atoms with E-state index in [4.69, 9.17) is 4.74 Å². The largest absolute Gasteiger partial charge is 0.466 e. The van der Waals surface area contributed by atoms with E-state index in [1.165, 1.54) is 22.2 Å². The Labute approximate surface area is 106 Å². The summed E-state index contributed by atoms with van der Waals surface area (Å²) in [5.41, 5.74) is 3.89. The second-order valence-electron chi connectivity index (χ2n) is 4.91. The van der Waals surface area contributed by atoms with Crippen LogP contribution in [0.3, 0.4) is 0 Å². The van der Waals surface area contributed by atoms with Gasteiger partial charge < -0.3 is 9.72 Å². The van der Waals surface area contributed by atoms with Gasteiger partial charge in [-0.15, -0.1) is 0 Å². The predicted octanol–water partition coefficient (Wildman–Crippen LogP) is 2.84. The van der Waals surface area contributed by atoms with Gasteiger partial charge in [0.1, 0.15) is 0 Å². The molecule has 0 amide bonds. The van der Waals surface area contributed by atoms with Crippen molar-refractivity contribution in [2.24, 2.45) is 5.92 Å².